The molecule has 0 radical (unpaired) electrons. The van der Waals surface area contributed by atoms with Crippen molar-refractivity contribution in [1.82, 2.24) is 15.0 Å². The minimum atomic E-state index is -0.541. The Morgan fingerprint density at radius 1 is 0.327 bits per heavy atom. The minimum Gasteiger partial charge on any atom is -0.264 e. The number of pyridine rings is 1. The van der Waals surface area contributed by atoms with Crippen LogP contribution in [0, 0.1) is 0 Å². The van der Waals surface area contributed by atoms with Gasteiger partial charge in [0.05, 0.1) is 16.8 Å². The number of nitrogens with zero attached hydrogens (tertiary/aromatic N) is 3. The van der Waals surface area contributed by atoms with Gasteiger partial charge in [0.15, 0.2) is 5.82 Å². The smallest absolute Gasteiger partial charge is 0.160 e. The Labute approximate surface area is 321 Å². The SMILES string of the molecule is c1ccc(-c2cc(-c3cccc(-c4ccc5c(c4)C(c4ccccc4)(c4ccccc4)c4cc(-c6cccnc6)ccc4-5)c3)nc(-c3ccccc3)n2)cc1. The van der Waals surface area contributed by atoms with Crippen LogP contribution >= 0.6 is 0 Å². The fourth-order valence-electron chi connectivity index (χ4n) is 8.31. The number of hydrogen-bond acceptors (Lipinski definition) is 3. The van der Waals surface area contributed by atoms with Gasteiger partial charge in [-0.05, 0) is 86.0 Å². The molecule has 0 aliphatic heterocycles. The summed E-state index contributed by atoms with van der Waals surface area (Å²) < 4.78 is 0. The number of benzene rings is 7. The molecule has 0 fully saturated rings. The van der Waals surface area contributed by atoms with Crippen LogP contribution in [0.2, 0.25) is 0 Å². The summed E-state index contributed by atoms with van der Waals surface area (Å²) in [5.41, 5.74) is 16.4. The van der Waals surface area contributed by atoms with Gasteiger partial charge in [-0.15, -0.1) is 0 Å². The lowest BCUT2D eigenvalue weighted by Gasteiger charge is -2.34. The summed E-state index contributed by atoms with van der Waals surface area (Å²) in [5.74, 6) is 0.707. The Morgan fingerprint density at radius 2 is 0.800 bits per heavy atom. The molecule has 2 aromatic heterocycles. The van der Waals surface area contributed by atoms with Gasteiger partial charge >= 0.3 is 0 Å². The second-order valence-corrected chi connectivity index (χ2v) is 14.0. The van der Waals surface area contributed by atoms with Crippen molar-refractivity contribution >= 4 is 0 Å². The van der Waals surface area contributed by atoms with Crippen LogP contribution in [0.5, 0.6) is 0 Å². The van der Waals surface area contributed by atoms with Crippen molar-refractivity contribution < 1.29 is 0 Å². The highest BCUT2D eigenvalue weighted by Gasteiger charge is 2.46. The molecule has 0 N–H and O–H groups in total. The van der Waals surface area contributed by atoms with Gasteiger partial charge in [0.1, 0.15) is 0 Å². The van der Waals surface area contributed by atoms with Crippen molar-refractivity contribution in [3.63, 3.8) is 0 Å². The van der Waals surface area contributed by atoms with Crippen molar-refractivity contribution in [2.45, 2.75) is 5.41 Å². The third kappa shape index (κ3) is 5.65. The van der Waals surface area contributed by atoms with Gasteiger partial charge in [0, 0.05) is 29.1 Å². The van der Waals surface area contributed by atoms with Crippen LogP contribution in [-0.2, 0) is 5.41 Å². The van der Waals surface area contributed by atoms with Crippen molar-refractivity contribution in [1.29, 1.82) is 0 Å². The fraction of sp³-hybridized carbons (Fsp3) is 0.0192. The monoisotopic (exact) mass is 701 g/mol. The van der Waals surface area contributed by atoms with Crippen LogP contribution in [0.4, 0.5) is 0 Å². The summed E-state index contributed by atoms with van der Waals surface area (Å²) in [4.78, 5) is 14.6. The van der Waals surface area contributed by atoms with Crippen LogP contribution < -0.4 is 0 Å². The predicted molar refractivity (Wildman–Crippen MR) is 224 cm³/mol. The molecule has 2 heterocycles. The van der Waals surface area contributed by atoms with Crippen molar-refractivity contribution in [3.8, 4) is 67.3 Å². The van der Waals surface area contributed by atoms with Crippen molar-refractivity contribution in [3.05, 3.63) is 235 Å². The van der Waals surface area contributed by atoms with Crippen LogP contribution in [0.1, 0.15) is 22.3 Å². The van der Waals surface area contributed by atoms with E-state index in [1.807, 2.05) is 42.7 Å². The summed E-state index contributed by atoms with van der Waals surface area (Å²) in [5, 5.41) is 0. The van der Waals surface area contributed by atoms with E-state index in [1.54, 1.807) is 0 Å². The summed E-state index contributed by atoms with van der Waals surface area (Å²) in [6, 6.07) is 71.5. The van der Waals surface area contributed by atoms with E-state index < -0.39 is 5.41 Å². The van der Waals surface area contributed by atoms with E-state index in [-0.39, 0.29) is 0 Å². The highest BCUT2D eigenvalue weighted by molar-refractivity contribution is 5.90. The molecule has 1 aliphatic rings. The first-order valence-electron chi connectivity index (χ1n) is 18.7. The first-order valence-corrected chi connectivity index (χ1v) is 18.7. The molecule has 3 heteroatoms. The van der Waals surface area contributed by atoms with Gasteiger partial charge in [-0.2, -0.15) is 0 Å². The first kappa shape index (κ1) is 32.4. The van der Waals surface area contributed by atoms with Gasteiger partial charge in [0.25, 0.3) is 0 Å². The predicted octanol–water partition coefficient (Wildman–Crippen LogP) is 12.6. The van der Waals surface area contributed by atoms with E-state index in [4.69, 9.17) is 9.97 Å². The number of hydrogen-bond donors (Lipinski definition) is 0. The molecule has 10 rings (SSSR count). The first-order chi connectivity index (χ1) is 27.3. The minimum absolute atomic E-state index is 0.541. The average Bonchev–Trinajstić information content (AvgIpc) is 3.57. The van der Waals surface area contributed by atoms with E-state index in [2.05, 4.69) is 175 Å². The standard InChI is InChI=1S/C52H35N3/c1-5-15-36(16-6-1)49-34-50(55-51(54-49)37-17-7-2-8-18-37)41-20-13-19-38(31-41)39-26-28-45-46-29-27-40(42-21-14-30-53-35-42)33-48(46)52(47(45)32-39,43-22-9-3-10-23-43)44-24-11-4-12-25-44/h1-35H. The largest absolute Gasteiger partial charge is 0.264 e. The maximum atomic E-state index is 5.14. The molecule has 0 atom stereocenters. The highest BCUT2D eigenvalue weighted by Crippen LogP contribution is 2.57. The molecular formula is C52H35N3. The third-order valence-corrected chi connectivity index (χ3v) is 10.9. The summed E-state index contributed by atoms with van der Waals surface area (Å²) in [6.07, 6.45) is 3.78. The Bertz CT molecular complexity index is 2690. The molecule has 0 saturated heterocycles. The van der Waals surface area contributed by atoms with Crippen LogP contribution in [-0.4, -0.2) is 15.0 Å². The third-order valence-electron chi connectivity index (χ3n) is 10.9. The lowest BCUT2D eigenvalue weighted by molar-refractivity contribution is 0.769. The quantitative estimate of drug-likeness (QED) is 0.166. The molecule has 0 spiro atoms. The highest BCUT2D eigenvalue weighted by atomic mass is 14.9. The van der Waals surface area contributed by atoms with Gasteiger partial charge in [0.2, 0.25) is 0 Å². The molecule has 3 nitrogen and oxygen atoms in total. The maximum Gasteiger partial charge on any atom is 0.160 e. The molecule has 0 amide bonds. The number of fused-ring (bicyclic) bond motifs is 3. The zero-order valence-electron chi connectivity index (χ0n) is 30.0. The summed E-state index contributed by atoms with van der Waals surface area (Å²) in [7, 11) is 0. The molecule has 258 valence electrons. The van der Waals surface area contributed by atoms with Crippen LogP contribution in [0.15, 0.2) is 213 Å². The molecule has 0 bridgehead atoms. The number of rotatable bonds is 7. The molecule has 1 aliphatic carbocycles. The topological polar surface area (TPSA) is 38.7 Å². The molecule has 9 aromatic rings. The van der Waals surface area contributed by atoms with E-state index in [1.165, 1.54) is 33.4 Å². The van der Waals surface area contributed by atoms with E-state index >= 15 is 0 Å². The Hall–Kier alpha value is -7.23. The fourth-order valence-corrected chi connectivity index (χ4v) is 8.31. The lowest BCUT2D eigenvalue weighted by Crippen LogP contribution is -2.28. The molecule has 0 unspecified atom stereocenters. The van der Waals surface area contributed by atoms with Gasteiger partial charge in [-0.25, -0.2) is 9.97 Å². The molecule has 55 heavy (non-hydrogen) atoms. The van der Waals surface area contributed by atoms with E-state index in [0.29, 0.717) is 5.82 Å². The second kappa shape index (κ2) is 13.6. The maximum absolute atomic E-state index is 5.14. The van der Waals surface area contributed by atoms with Gasteiger partial charge < -0.3 is 0 Å². The zero-order chi connectivity index (χ0) is 36.6. The van der Waals surface area contributed by atoms with E-state index in [9.17, 15) is 0 Å². The molecular weight excluding hydrogens is 667 g/mol. The van der Waals surface area contributed by atoms with Crippen LogP contribution in [0.3, 0.4) is 0 Å². The summed E-state index contributed by atoms with van der Waals surface area (Å²) in [6.45, 7) is 0. The second-order valence-electron chi connectivity index (χ2n) is 14.0. The zero-order valence-corrected chi connectivity index (χ0v) is 30.0. The normalized spacial score (nSPS) is 12.5. The van der Waals surface area contributed by atoms with E-state index in [0.717, 1.165) is 50.3 Å². The van der Waals surface area contributed by atoms with Crippen LogP contribution in [0.25, 0.3) is 67.3 Å². The molecule has 0 saturated carbocycles. The average molecular weight is 702 g/mol. The Kier molecular flexibility index (Phi) is 8.04. The van der Waals surface area contributed by atoms with Gasteiger partial charge in [-0.1, -0.05) is 170 Å². The lowest BCUT2D eigenvalue weighted by atomic mass is 9.67. The van der Waals surface area contributed by atoms with Crippen molar-refractivity contribution in [2.75, 3.05) is 0 Å². The Morgan fingerprint density at radius 3 is 1.38 bits per heavy atom. The van der Waals surface area contributed by atoms with Gasteiger partial charge in [-0.3, -0.25) is 4.98 Å². The Balaban J connectivity index is 1.16. The molecule has 7 aromatic carbocycles. The summed E-state index contributed by atoms with van der Waals surface area (Å²) >= 11 is 0. The van der Waals surface area contributed by atoms with Crippen molar-refractivity contribution in [2.24, 2.45) is 0 Å². The number of aromatic nitrogens is 3.